The lowest BCUT2D eigenvalue weighted by atomic mass is 10.1. The molecule has 0 amide bonds. The van der Waals surface area contributed by atoms with Crippen LogP contribution < -0.4 is 32.6 Å². The lowest BCUT2D eigenvalue weighted by Crippen LogP contribution is -2.20. The minimum absolute atomic E-state index is 0.178. The number of fused-ring (bicyclic) bond motifs is 2. The number of hydrogen-bond donors (Lipinski definition) is 4. The topological polar surface area (TPSA) is 220 Å². The number of hydrogen-bond acceptors (Lipinski definition) is 12. The van der Waals surface area contributed by atoms with Crippen LogP contribution in [0.3, 0.4) is 0 Å². The standard InChI is InChI=1S/C21H18Cl2N5O2P.C19H14Cl2N5O4P/c1-28-19-12(9-14(20(28)29)18-15(22)5-4-6-16(18)23)10-25-21(27-19)26-13-7-8-17(24-11-13)31(2,3)30;1-26-17-10(7-12(18(26)27)16-13(20)3-2-4-14(16)21)8-23-19(25-17)24-11-5-6-15(22-9-11)31(28,29)30/h4-11H,1-3H3,(H,25,26,27);2-9H,1H3,(H,23,24,25)(H2,28,29,30). The number of anilines is 4. The molecule has 0 atom stereocenters. The fourth-order valence-electron chi connectivity index (χ4n) is 6.15. The number of halogens is 4. The largest absolute Gasteiger partial charge is 0.374 e. The van der Waals surface area contributed by atoms with Crippen molar-refractivity contribution >= 4 is 117 Å². The van der Waals surface area contributed by atoms with E-state index in [1.54, 1.807) is 100 Å². The van der Waals surface area contributed by atoms with E-state index >= 15 is 0 Å². The van der Waals surface area contributed by atoms with Crippen LogP contribution in [0.4, 0.5) is 23.3 Å². The van der Waals surface area contributed by atoms with Crippen molar-refractivity contribution in [2.75, 3.05) is 24.0 Å². The third-order valence-electron chi connectivity index (χ3n) is 9.22. The molecule has 0 aliphatic carbocycles. The highest BCUT2D eigenvalue weighted by atomic mass is 35.5. The van der Waals surface area contributed by atoms with Gasteiger partial charge in [0.1, 0.15) is 18.4 Å². The molecule has 6 aromatic heterocycles. The quantitative estimate of drug-likeness (QED) is 0.106. The molecule has 22 heteroatoms. The van der Waals surface area contributed by atoms with Gasteiger partial charge in [0.05, 0.1) is 60.4 Å². The molecule has 6 heterocycles. The first kappa shape index (κ1) is 44.5. The summed E-state index contributed by atoms with van der Waals surface area (Å²) in [7, 11) is -3.65. The second-order valence-corrected chi connectivity index (χ2v) is 20.3. The highest BCUT2D eigenvalue weighted by Gasteiger charge is 2.20. The van der Waals surface area contributed by atoms with E-state index in [0.717, 1.165) is 0 Å². The third-order valence-corrected chi connectivity index (χ3v) is 12.7. The van der Waals surface area contributed by atoms with Crippen LogP contribution in [0.25, 0.3) is 44.3 Å². The molecule has 0 spiro atoms. The molecule has 316 valence electrons. The maximum absolute atomic E-state index is 13.0. The van der Waals surface area contributed by atoms with Gasteiger partial charge in [0.15, 0.2) is 5.44 Å². The summed E-state index contributed by atoms with van der Waals surface area (Å²) in [5.74, 6) is 0.480. The van der Waals surface area contributed by atoms with Gasteiger partial charge in [-0.15, -0.1) is 0 Å². The van der Waals surface area contributed by atoms with Gasteiger partial charge in [0.2, 0.25) is 11.9 Å². The fraction of sp³-hybridized carbons (Fsp3) is 0.100. The predicted octanol–water partition coefficient (Wildman–Crippen LogP) is 7.93. The Morgan fingerprint density at radius 1 is 0.565 bits per heavy atom. The van der Waals surface area contributed by atoms with E-state index in [1.807, 2.05) is 0 Å². The van der Waals surface area contributed by atoms with Crippen LogP contribution in [0.15, 0.2) is 107 Å². The Bertz CT molecular complexity index is 3010. The Hall–Kier alpha value is -5.54. The van der Waals surface area contributed by atoms with Crippen molar-refractivity contribution in [1.82, 2.24) is 39.0 Å². The Morgan fingerprint density at radius 3 is 1.29 bits per heavy atom. The van der Waals surface area contributed by atoms with E-state index in [9.17, 15) is 18.7 Å². The van der Waals surface area contributed by atoms with Crippen LogP contribution in [-0.4, -0.2) is 62.2 Å². The molecule has 8 aromatic rings. The van der Waals surface area contributed by atoms with E-state index in [2.05, 4.69) is 40.5 Å². The van der Waals surface area contributed by atoms with Gasteiger partial charge in [0, 0.05) is 48.4 Å². The van der Waals surface area contributed by atoms with E-state index in [-0.39, 0.29) is 22.5 Å². The molecule has 8 rings (SSSR count). The Morgan fingerprint density at radius 2 is 0.952 bits per heavy atom. The molecular formula is C40H32Cl4N10O6P2. The first-order valence-electron chi connectivity index (χ1n) is 18.0. The summed E-state index contributed by atoms with van der Waals surface area (Å²) in [5.41, 5.74) is 3.08. The van der Waals surface area contributed by atoms with Gasteiger partial charge in [-0.05, 0) is 74.0 Å². The number of aryl methyl sites for hydroxylation is 2. The zero-order valence-corrected chi connectivity index (χ0v) is 37.6. The summed E-state index contributed by atoms with van der Waals surface area (Å²) < 4.78 is 26.1. The van der Waals surface area contributed by atoms with E-state index in [1.165, 1.54) is 33.7 Å². The van der Waals surface area contributed by atoms with Crippen molar-refractivity contribution in [3.8, 4) is 22.3 Å². The van der Waals surface area contributed by atoms with Crippen molar-refractivity contribution in [2.45, 2.75) is 0 Å². The SMILES string of the molecule is Cn1c(=O)c(-c2c(Cl)cccc2Cl)cc2cnc(Nc3ccc(P(=O)(O)O)nc3)nc21.Cn1c(=O)c(-c2c(Cl)cccc2Cl)cc2cnc(Nc3ccc(P(C)(C)=O)nc3)nc21. The van der Waals surface area contributed by atoms with E-state index in [0.29, 0.717) is 87.2 Å². The minimum Gasteiger partial charge on any atom is -0.323 e. The summed E-state index contributed by atoms with van der Waals surface area (Å²) in [4.78, 5) is 69.7. The molecule has 16 nitrogen and oxygen atoms in total. The van der Waals surface area contributed by atoms with Crippen molar-refractivity contribution in [3.05, 3.63) is 138 Å². The van der Waals surface area contributed by atoms with Crippen molar-refractivity contribution < 1.29 is 18.9 Å². The molecule has 0 bridgehead atoms. The molecular weight excluding hydrogens is 920 g/mol. The highest BCUT2D eigenvalue weighted by molar-refractivity contribution is 7.69. The van der Waals surface area contributed by atoms with Crippen molar-refractivity contribution in [3.63, 3.8) is 0 Å². The maximum atomic E-state index is 13.0. The summed E-state index contributed by atoms with van der Waals surface area (Å²) in [6, 6.07) is 19.5. The van der Waals surface area contributed by atoms with Gasteiger partial charge in [-0.25, -0.2) is 15.0 Å². The molecule has 0 aliphatic rings. The summed E-state index contributed by atoms with van der Waals surface area (Å²) in [5, 5.41) is 8.69. The maximum Gasteiger partial charge on any atom is 0.374 e. The second kappa shape index (κ2) is 17.7. The summed E-state index contributed by atoms with van der Waals surface area (Å²) >= 11 is 25.1. The molecule has 2 aromatic carbocycles. The average Bonchev–Trinajstić information content (AvgIpc) is 3.22. The lowest BCUT2D eigenvalue weighted by Gasteiger charge is -2.12. The second-order valence-electron chi connectivity index (χ2n) is 13.9. The fourth-order valence-corrected chi connectivity index (χ4v) is 8.60. The van der Waals surface area contributed by atoms with Crippen molar-refractivity contribution in [1.29, 1.82) is 0 Å². The number of benzene rings is 2. The van der Waals surface area contributed by atoms with Crippen LogP contribution >= 0.6 is 61.1 Å². The van der Waals surface area contributed by atoms with Gasteiger partial charge in [-0.3, -0.25) is 28.3 Å². The third kappa shape index (κ3) is 9.43. The zero-order valence-electron chi connectivity index (χ0n) is 32.7. The Balaban J connectivity index is 0.000000186. The van der Waals surface area contributed by atoms with Crippen LogP contribution in [0.1, 0.15) is 0 Å². The van der Waals surface area contributed by atoms with Crippen LogP contribution in [0, 0.1) is 0 Å². The van der Waals surface area contributed by atoms with Crippen LogP contribution in [0.5, 0.6) is 0 Å². The lowest BCUT2D eigenvalue weighted by molar-refractivity contribution is 0.386. The normalized spacial score (nSPS) is 11.6. The monoisotopic (exact) mass is 950 g/mol. The molecule has 4 N–H and O–H groups in total. The Kier molecular flexibility index (Phi) is 12.7. The molecule has 0 saturated heterocycles. The van der Waals surface area contributed by atoms with E-state index in [4.69, 9.17) is 56.2 Å². The number of nitrogens with one attached hydrogen (secondary N) is 2. The first-order valence-corrected chi connectivity index (χ1v) is 23.7. The number of nitrogens with zero attached hydrogens (tertiary/aromatic N) is 8. The van der Waals surface area contributed by atoms with Crippen LogP contribution in [0.2, 0.25) is 20.1 Å². The first-order chi connectivity index (χ1) is 29.3. The summed E-state index contributed by atoms with van der Waals surface area (Å²) in [6.45, 7) is 3.33. The smallest absolute Gasteiger partial charge is 0.323 e. The average molecular weight is 953 g/mol. The number of pyridine rings is 4. The van der Waals surface area contributed by atoms with Gasteiger partial charge in [-0.2, -0.15) is 9.97 Å². The van der Waals surface area contributed by atoms with Gasteiger partial charge < -0.3 is 25.0 Å². The van der Waals surface area contributed by atoms with Crippen molar-refractivity contribution in [2.24, 2.45) is 14.1 Å². The van der Waals surface area contributed by atoms with Gasteiger partial charge in [0.25, 0.3) is 11.1 Å². The van der Waals surface area contributed by atoms with Crippen LogP contribution in [-0.2, 0) is 23.2 Å². The summed E-state index contributed by atoms with van der Waals surface area (Å²) in [6.07, 6.45) is 5.98. The minimum atomic E-state index is -4.43. The molecule has 0 aliphatic heterocycles. The predicted molar refractivity (Wildman–Crippen MR) is 246 cm³/mol. The molecule has 62 heavy (non-hydrogen) atoms. The van der Waals surface area contributed by atoms with E-state index < -0.39 is 14.7 Å². The Labute approximate surface area is 372 Å². The molecule has 0 radical (unpaired) electrons. The highest BCUT2D eigenvalue weighted by Crippen LogP contribution is 2.36. The number of rotatable bonds is 8. The zero-order chi connectivity index (χ0) is 44.7. The molecule has 0 unspecified atom stereocenters. The number of aromatic nitrogens is 8. The van der Waals surface area contributed by atoms with Gasteiger partial charge in [-0.1, -0.05) is 58.5 Å². The van der Waals surface area contributed by atoms with Gasteiger partial charge >= 0.3 is 7.60 Å². The molecule has 0 saturated carbocycles. The molecule has 0 fully saturated rings.